The van der Waals surface area contributed by atoms with Crippen LogP contribution in [0.15, 0.2) is 35.7 Å². The van der Waals surface area contributed by atoms with E-state index in [1.807, 2.05) is 30.5 Å². The first-order valence-electron chi connectivity index (χ1n) is 6.91. The van der Waals surface area contributed by atoms with Gasteiger partial charge < -0.3 is 10.6 Å². The van der Waals surface area contributed by atoms with Gasteiger partial charge in [-0.05, 0) is 48.5 Å². The fourth-order valence-electron chi connectivity index (χ4n) is 2.63. The van der Waals surface area contributed by atoms with Gasteiger partial charge in [0.25, 0.3) is 5.91 Å². The van der Waals surface area contributed by atoms with Crippen LogP contribution in [0.1, 0.15) is 39.3 Å². The van der Waals surface area contributed by atoms with E-state index < -0.39 is 0 Å². The zero-order valence-electron chi connectivity index (χ0n) is 11.5. The van der Waals surface area contributed by atoms with Crippen LogP contribution in [0.5, 0.6) is 0 Å². The summed E-state index contributed by atoms with van der Waals surface area (Å²) in [5, 5.41) is 8.48. The minimum Gasteiger partial charge on any atom is -0.345 e. The standard InChI is InChI=1S/C16H18N2OS/c1-11(15-6-3-9-20-15)18-16(19)14-5-2-4-12-10-17-8-7-13(12)14/h2-6,9,11,17H,7-8,10H2,1H3,(H,18,19)/t11-/m0/s1. The van der Waals surface area contributed by atoms with Gasteiger partial charge in [-0.25, -0.2) is 0 Å². The Labute approximate surface area is 123 Å². The molecule has 2 aromatic rings. The summed E-state index contributed by atoms with van der Waals surface area (Å²) < 4.78 is 0. The second kappa shape index (κ2) is 5.77. The Balaban J connectivity index is 1.81. The highest BCUT2D eigenvalue weighted by atomic mass is 32.1. The third kappa shape index (κ3) is 2.62. The summed E-state index contributed by atoms with van der Waals surface area (Å²) in [7, 11) is 0. The van der Waals surface area contributed by atoms with Crippen LogP contribution in [0.3, 0.4) is 0 Å². The molecular weight excluding hydrogens is 268 g/mol. The predicted octanol–water partition coefficient (Wildman–Crippen LogP) is 2.88. The minimum absolute atomic E-state index is 0.0321. The Morgan fingerprint density at radius 1 is 1.35 bits per heavy atom. The zero-order chi connectivity index (χ0) is 13.9. The van der Waals surface area contributed by atoms with Gasteiger partial charge in [0.1, 0.15) is 0 Å². The lowest BCUT2D eigenvalue weighted by atomic mass is 9.95. The summed E-state index contributed by atoms with van der Waals surface area (Å²) in [5.41, 5.74) is 3.27. The number of hydrogen-bond donors (Lipinski definition) is 2. The second-order valence-electron chi connectivity index (χ2n) is 5.08. The lowest BCUT2D eigenvalue weighted by molar-refractivity contribution is 0.0939. The largest absolute Gasteiger partial charge is 0.345 e. The summed E-state index contributed by atoms with van der Waals surface area (Å²) >= 11 is 1.67. The molecule has 1 aliphatic rings. The molecule has 2 heterocycles. The van der Waals surface area contributed by atoms with E-state index in [-0.39, 0.29) is 11.9 Å². The number of carbonyl (C=O) groups excluding carboxylic acids is 1. The van der Waals surface area contributed by atoms with Crippen molar-refractivity contribution in [2.75, 3.05) is 6.54 Å². The fourth-order valence-corrected chi connectivity index (χ4v) is 3.36. The average molecular weight is 286 g/mol. The number of thiophene rings is 1. The van der Waals surface area contributed by atoms with Gasteiger partial charge in [0.2, 0.25) is 0 Å². The van der Waals surface area contributed by atoms with Crippen LogP contribution in [0, 0.1) is 0 Å². The third-order valence-corrected chi connectivity index (χ3v) is 4.76. The van der Waals surface area contributed by atoms with Crippen molar-refractivity contribution >= 4 is 17.2 Å². The maximum atomic E-state index is 12.5. The number of hydrogen-bond acceptors (Lipinski definition) is 3. The van der Waals surface area contributed by atoms with Crippen molar-refractivity contribution in [1.29, 1.82) is 0 Å². The number of rotatable bonds is 3. The molecule has 1 atom stereocenters. The van der Waals surface area contributed by atoms with Gasteiger partial charge in [0.05, 0.1) is 6.04 Å². The monoisotopic (exact) mass is 286 g/mol. The molecule has 1 amide bonds. The van der Waals surface area contributed by atoms with Crippen LogP contribution in [-0.4, -0.2) is 12.5 Å². The molecule has 4 heteroatoms. The molecule has 0 radical (unpaired) electrons. The molecular formula is C16H18N2OS. The molecule has 0 spiro atoms. The van der Waals surface area contributed by atoms with E-state index in [4.69, 9.17) is 0 Å². The lowest BCUT2D eigenvalue weighted by Crippen LogP contribution is -2.30. The molecule has 1 aromatic heterocycles. The highest BCUT2D eigenvalue weighted by Gasteiger charge is 2.19. The Kier molecular flexibility index (Phi) is 3.85. The molecule has 104 valence electrons. The normalized spacial score (nSPS) is 15.4. The van der Waals surface area contributed by atoms with Crippen molar-refractivity contribution < 1.29 is 4.79 Å². The number of amides is 1. The van der Waals surface area contributed by atoms with Gasteiger partial charge in [-0.1, -0.05) is 18.2 Å². The highest BCUT2D eigenvalue weighted by molar-refractivity contribution is 7.10. The van der Waals surface area contributed by atoms with Crippen LogP contribution in [0.2, 0.25) is 0 Å². The minimum atomic E-state index is 0.0321. The molecule has 0 saturated carbocycles. The van der Waals surface area contributed by atoms with E-state index in [0.29, 0.717) is 0 Å². The molecule has 3 rings (SSSR count). The molecule has 2 N–H and O–H groups in total. The Morgan fingerprint density at radius 3 is 3.05 bits per heavy atom. The number of carbonyl (C=O) groups is 1. The third-order valence-electron chi connectivity index (χ3n) is 3.70. The molecule has 0 aliphatic carbocycles. The maximum absolute atomic E-state index is 12.5. The Hall–Kier alpha value is -1.65. The van der Waals surface area contributed by atoms with E-state index in [1.165, 1.54) is 16.0 Å². The quantitative estimate of drug-likeness (QED) is 0.911. The number of benzene rings is 1. The van der Waals surface area contributed by atoms with E-state index in [0.717, 1.165) is 25.1 Å². The second-order valence-corrected chi connectivity index (χ2v) is 6.06. The van der Waals surface area contributed by atoms with Crippen LogP contribution in [0.4, 0.5) is 0 Å². The van der Waals surface area contributed by atoms with E-state index >= 15 is 0 Å². The highest BCUT2D eigenvalue weighted by Crippen LogP contribution is 2.21. The molecule has 1 aromatic carbocycles. The smallest absolute Gasteiger partial charge is 0.252 e. The maximum Gasteiger partial charge on any atom is 0.252 e. The first kappa shape index (κ1) is 13.3. The molecule has 1 aliphatic heterocycles. The van der Waals surface area contributed by atoms with Crippen molar-refractivity contribution in [3.05, 3.63) is 57.3 Å². The van der Waals surface area contributed by atoms with Gasteiger partial charge >= 0.3 is 0 Å². The van der Waals surface area contributed by atoms with Crippen molar-refractivity contribution in [3.63, 3.8) is 0 Å². The molecule has 0 fully saturated rings. The van der Waals surface area contributed by atoms with Crippen molar-refractivity contribution in [2.45, 2.75) is 25.9 Å². The van der Waals surface area contributed by atoms with Gasteiger partial charge in [-0.3, -0.25) is 4.79 Å². The van der Waals surface area contributed by atoms with E-state index in [2.05, 4.69) is 22.8 Å². The van der Waals surface area contributed by atoms with Crippen molar-refractivity contribution in [2.24, 2.45) is 0 Å². The molecule has 0 unspecified atom stereocenters. The molecule has 0 saturated heterocycles. The number of fused-ring (bicyclic) bond motifs is 1. The van der Waals surface area contributed by atoms with Crippen LogP contribution >= 0.6 is 11.3 Å². The lowest BCUT2D eigenvalue weighted by Gasteiger charge is -2.21. The van der Waals surface area contributed by atoms with Crippen molar-refractivity contribution in [1.82, 2.24) is 10.6 Å². The fraction of sp³-hybridized carbons (Fsp3) is 0.312. The summed E-state index contributed by atoms with van der Waals surface area (Å²) in [6.45, 7) is 3.83. The Bertz CT molecular complexity index is 607. The van der Waals surface area contributed by atoms with Crippen molar-refractivity contribution in [3.8, 4) is 0 Å². The van der Waals surface area contributed by atoms with Gasteiger partial charge in [-0.2, -0.15) is 0 Å². The van der Waals surface area contributed by atoms with Gasteiger partial charge in [0.15, 0.2) is 0 Å². The summed E-state index contributed by atoms with van der Waals surface area (Å²) in [5.74, 6) is 0.0321. The summed E-state index contributed by atoms with van der Waals surface area (Å²) in [6, 6.07) is 10.1. The SMILES string of the molecule is C[C@H](NC(=O)c1cccc2c1CCNC2)c1cccs1. The first-order chi connectivity index (χ1) is 9.75. The molecule has 3 nitrogen and oxygen atoms in total. The van der Waals surface area contributed by atoms with Gasteiger partial charge in [0, 0.05) is 17.0 Å². The predicted molar refractivity (Wildman–Crippen MR) is 82.1 cm³/mol. The van der Waals surface area contributed by atoms with Gasteiger partial charge in [-0.15, -0.1) is 11.3 Å². The van der Waals surface area contributed by atoms with E-state index in [9.17, 15) is 4.79 Å². The topological polar surface area (TPSA) is 41.1 Å². The molecule has 0 bridgehead atoms. The first-order valence-corrected chi connectivity index (χ1v) is 7.79. The molecule has 20 heavy (non-hydrogen) atoms. The Morgan fingerprint density at radius 2 is 2.25 bits per heavy atom. The average Bonchev–Trinajstić information content (AvgIpc) is 3.01. The van der Waals surface area contributed by atoms with Crippen LogP contribution < -0.4 is 10.6 Å². The van der Waals surface area contributed by atoms with Crippen LogP contribution in [0.25, 0.3) is 0 Å². The zero-order valence-corrected chi connectivity index (χ0v) is 12.3. The summed E-state index contributed by atoms with van der Waals surface area (Å²) in [6.07, 6.45) is 0.923. The summed E-state index contributed by atoms with van der Waals surface area (Å²) in [4.78, 5) is 13.7. The van der Waals surface area contributed by atoms with E-state index in [1.54, 1.807) is 11.3 Å². The van der Waals surface area contributed by atoms with Crippen LogP contribution in [-0.2, 0) is 13.0 Å². The number of nitrogens with one attached hydrogen (secondary N) is 2.